The van der Waals surface area contributed by atoms with Crippen LogP contribution in [0, 0.1) is 13.8 Å². The number of rotatable bonds is 5. The Morgan fingerprint density at radius 2 is 1.69 bits per heavy atom. The van der Waals surface area contributed by atoms with Crippen LogP contribution in [-0.2, 0) is 14.8 Å². The van der Waals surface area contributed by atoms with Crippen LogP contribution < -0.4 is 0 Å². The van der Waals surface area contributed by atoms with Gasteiger partial charge in [0.25, 0.3) is 0 Å². The summed E-state index contributed by atoms with van der Waals surface area (Å²) in [6, 6.07) is 5.68. The number of hydrogen-bond acceptors (Lipinski definition) is 4. The van der Waals surface area contributed by atoms with Crippen molar-refractivity contribution < 1.29 is 13.2 Å². The molecule has 0 radical (unpaired) electrons. The Balaban J connectivity index is 1.62. The van der Waals surface area contributed by atoms with Crippen LogP contribution in [0.4, 0.5) is 0 Å². The van der Waals surface area contributed by atoms with E-state index in [0.29, 0.717) is 37.1 Å². The molecule has 1 atom stereocenters. The number of carbonyl (C=O) groups excluding carboxylic acids is 1. The zero-order valence-electron chi connectivity index (χ0n) is 18.2. The fraction of sp³-hybridized carbons (Fsp3) is 0.682. The van der Waals surface area contributed by atoms with Gasteiger partial charge < -0.3 is 4.90 Å². The molecule has 6 nitrogen and oxygen atoms in total. The Hall–Kier alpha value is -1.44. The highest BCUT2D eigenvalue weighted by atomic mass is 32.2. The summed E-state index contributed by atoms with van der Waals surface area (Å²) in [5.41, 5.74) is 1.72. The SMILES string of the molecule is Cc1ccc(C)c(S(=O)(=O)N2CCN(C(C)C(=O)N(C)C3CCCCC3)CC2)c1. The van der Waals surface area contributed by atoms with Gasteiger partial charge in [-0.05, 0) is 50.8 Å². The van der Waals surface area contributed by atoms with E-state index in [4.69, 9.17) is 0 Å². The van der Waals surface area contributed by atoms with Gasteiger partial charge in [-0.15, -0.1) is 0 Å². The summed E-state index contributed by atoms with van der Waals surface area (Å²) >= 11 is 0. The molecular weight excluding hydrogens is 386 g/mol. The Morgan fingerprint density at radius 1 is 1.07 bits per heavy atom. The Bertz CT molecular complexity index is 826. The highest BCUT2D eigenvalue weighted by Gasteiger charge is 2.34. The standard InChI is InChI=1S/C22H35N3O3S/c1-17-10-11-18(2)21(16-17)29(27,28)25-14-12-24(13-15-25)19(3)22(26)23(4)20-8-6-5-7-9-20/h10-11,16,19-20H,5-9,12-15H2,1-4H3. The minimum absolute atomic E-state index is 0.155. The molecule has 1 aromatic rings. The normalized spacial score (nSPS) is 21.1. The lowest BCUT2D eigenvalue weighted by molar-refractivity contribution is -0.138. The second-order valence-electron chi connectivity index (χ2n) is 8.63. The van der Waals surface area contributed by atoms with Gasteiger partial charge in [-0.3, -0.25) is 9.69 Å². The first-order valence-electron chi connectivity index (χ1n) is 10.8. The molecule has 2 fully saturated rings. The zero-order valence-corrected chi connectivity index (χ0v) is 19.0. The van der Waals surface area contributed by atoms with Gasteiger partial charge >= 0.3 is 0 Å². The van der Waals surface area contributed by atoms with Crippen molar-refractivity contribution >= 4 is 15.9 Å². The van der Waals surface area contributed by atoms with Crippen LogP contribution in [-0.4, -0.2) is 73.7 Å². The van der Waals surface area contributed by atoms with Gasteiger partial charge in [0.05, 0.1) is 10.9 Å². The van der Waals surface area contributed by atoms with Gasteiger partial charge in [0.1, 0.15) is 0 Å². The quantitative estimate of drug-likeness (QED) is 0.734. The monoisotopic (exact) mass is 421 g/mol. The number of piperazine rings is 1. The largest absolute Gasteiger partial charge is 0.341 e. The minimum Gasteiger partial charge on any atom is -0.341 e. The van der Waals surface area contributed by atoms with E-state index in [1.807, 2.05) is 44.9 Å². The lowest BCUT2D eigenvalue weighted by Gasteiger charge is -2.40. The van der Waals surface area contributed by atoms with Crippen molar-refractivity contribution in [3.05, 3.63) is 29.3 Å². The second-order valence-corrected chi connectivity index (χ2v) is 10.5. The van der Waals surface area contributed by atoms with E-state index in [1.165, 1.54) is 19.3 Å². The molecule has 0 spiro atoms. The van der Waals surface area contributed by atoms with E-state index in [-0.39, 0.29) is 11.9 Å². The molecule has 0 aromatic heterocycles. The maximum atomic E-state index is 13.1. The molecule has 1 saturated heterocycles. The van der Waals surface area contributed by atoms with E-state index in [1.54, 1.807) is 10.4 Å². The molecule has 1 heterocycles. The molecule has 3 rings (SSSR count). The fourth-order valence-corrected chi connectivity index (χ4v) is 6.29. The first kappa shape index (κ1) is 22.2. The van der Waals surface area contributed by atoms with Crippen molar-refractivity contribution in [3.63, 3.8) is 0 Å². The maximum absolute atomic E-state index is 13.1. The number of nitrogens with zero attached hydrogens (tertiary/aromatic N) is 3. The van der Waals surface area contributed by atoms with Crippen LogP contribution in [0.15, 0.2) is 23.1 Å². The van der Waals surface area contributed by atoms with Gasteiger partial charge in [0, 0.05) is 39.3 Å². The van der Waals surface area contributed by atoms with Crippen molar-refractivity contribution in [1.82, 2.24) is 14.1 Å². The lowest BCUT2D eigenvalue weighted by atomic mass is 9.94. The van der Waals surface area contributed by atoms with Crippen LogP contribution in [0.5, 0.6) is 0 Å². The van der Waals surface area contributed by atoms with E-state index < -0.39 is 10.0 Å². The predicted octanol–water partition coefficient (Wildman–Crippen LogP) is 2.79. The number of carbonyl (C=O) groups is 1. The number of likely N-dealkylation sites (N-methyl/N-ethyl adjacent to an activating group) is 1. The van der Waals surface area contributed by atoms with Gasteiger partial charge in [0.2, 0.25) is 15.9 Å². The molecule has 162 valence electrons. The maximum Gasteiger partial charge on any atom is 0.243 e. The van der Waals surface area contributed by atoms with Crippen LogP contribution in [0.1, 0.15) is 50.2 Å². The number of aryl methyl sites for hydroxylation is 2. The molecule has 7 heteroatoms. The minimum atomic E-state index is -3.51. The Labute approximate surface area is 175 Å². The molecule has 1 aliphatic carbocycles. The van der Waals surface area contributed by atoms with Crippen LogP contribution in [0.3, 0.4) is 0 Å². The fourth-order valence-electron chi connectivity index (χ4n) is 4.55. The summed E-state index contributed by atoms with van der Waals surface area (Å²) in [6.45, 7) is 7.69. The third-order valence-electron chi connectivity index (χ3n) is 6.61. The number of hydrogen-bond donors (Lipinski definition) is 0. The second kappa shape index (κ2) is 9.14. The molecule has 0 bridgehead atoms. The van der Waals surface area contributed by atoms with Crippen molar-refractivity contribution in [3.8, 4) is 0 Å². The summed E-state index contributed by atoms with van der Waals surface area (Å²) in [5, 5.41) is 0. The highest BCUT2D eigenvalue weighted by Crippen LogP contribution is 2.25. The topological polar surface area (TPSA) is 60.9 Å². The van der Waals surface area contributed by atoms with E-state index in [2.05, 4.69) is 4.90 Å². The molecule has 1 aromatic carbocycles. The van der Waals surface area contributed by atoms with Crippen molar-refractivity contribution in [2.45, 2.75) is 69.9 Å². The summed E-state index contributed by atoms with van der Waals surface area (Å²) in [7, 11) is -1.58. The lowest BCUT2D eigenvalue weighted by Crippen LogP contribution is -2.56. The molecular formula is C22H35N3O3S. The third-order valence-corrected chi connectivity index (χ3v) is 8.65. The smallest absolute Gasteiger partial charge is 0.243 e. The van der Waals surface area contributed by atoms with E-state index >= 15 is 0 Å². The number of amides is 1. The molecule has 1 aliphatic heterocycles. The molecule has 29 heavy (non-hydrogen) atoms. The molecule has 0 N–H and O–H groups in total. The van der Waals surface area contributed by atoms with Gasteiger partial charge in [0.15, 0.2) is 0 Å². The number of sulfonamides is 1. The first-order chi connectivity index (χ1) is 13.7. The summed E-state index contributed by atoms with van der Waals surface area (Å²) in [6.07, 6.45) is 5.86. The van der Waals surface area contributed by atoms with Gasteiger partial charge in [-0.1, -0.05) is 31.4 Å². The zero-order chi connectivity index (χ0) is 21.2. The van der Waals surface area contributed by atoms with Crippen LogP contribution in [0.25, 0.3) is 0 Å². The van der Waals surface area contributed by atoms with Crippen molar-refractivity contribution in [2.24, 2.45) is 0 Å². The summed E-state index contributed by atoms with van der Waals surface area (Å²) < 4.78 is 27.8. The molecule has 1 amide bonds. The number of benzene rings is 1. The Morgan fingerprint density at radius 3 is 2.31 bits per heavy atom. The average Bonchev–Trinajstić information content (AvgIpc) is 2.74. The van der Waals surface area contributed by atoms with E-state index in [0.717, 1.165) is 24.0 Å². The van der Waals surface area contributed by atoms with Crippen molar-refractivity contribution in [1.29, 1.82) is 0 Å². The molecule has 1 saturated carbocycles. The van der Waals surface area contributed by atoms with Gasteiger partial charge in [-0.2, -0.15) is 4.31 Å². The first-order valence-corrected chi connectivity index (χ1v) is 12.2. The van der Waals surface area contributed by atoms with Gasteiger partial charge in [-0.25, -0.2) is 8.42 Å². The summed E-state index contributed by atoms with van der Waals surface area (Å²) in [4.78, 5) is 17.4. The summed E-state index contributed by atoms with van der Waals surface area (Å²) in [5.74, 6) is 0.155. The highest BCUT2D eigenvalue weighted by molar-refractivity contribution is 7.89. The predicted molar refractivity (Wildman–Crippen MR) is 115 cm³/mol. The third kappa shape index (κ3) is 4.84. The molecule has 2 aliphatic rings. The Kier molecular flexibility index (Phi) is 7.02. The van der Waals surface area contributed by atoms with E-state index in [9.17, 15) is 13.2 Å². The molecule has 1 unspecified atom stereocenters. The van der Waals surface area contributed by atoms with Crippen molar-refractivity contribution in [2.75, 3.05) is 33.2 Å². The van der Waals surface area contributed by atoms with Crippen LogP contribution >= 0.6 is 0 Å². The van der Waals surface area contributed by atoms with Crippen LogP contribution in [0.2, 0.25) is 0 Å². The average molecular weight is 422 g/mol.